The summed E-state index contributed by atoms with van der Waals surface area (Å²) in [6, 6.07) is 3.04. The van der Waals surface area contributed by atoms with Gasteiger partial charge in [0.05, 0.1) is 11.7 Å². The number of thioether (sulfide) groups is 1. The maximum atomic E-state index is 12.7. The smallest absolute Gasteiger partial charge is 0.390 e. The molecule has 21 heavy (non-hydrogen) atoms. The molecule has 0 radical (unpaired) electrons. The first-order valence-corrected chi connectivity index (χ1v) is 7.28. The third-order valence-electron chi connectivity index (χ3n) is 3.01. The first kappa shape index (κ1) is 18.0. The van der Waals surface area contributed by atoms with Gasteiger partial charge >= 0.3 is 6.18 Å². The summed E-state index contributed by atoms with van der Waals surface area (Å²) in [6.45, 7) is 2.94. The van der Waals surface area contributed by atoms with Crippen LogP contribution >= 0.6 is 11.8 Å². The van der Waals surface area contributed by atoms with E-state index in [0.717, 1.165) is 23.9 Å². The fraction of sp³-hybridized carbons (Fsp3) is 0.500. The summed E-state index contributed by atoms with van der Waals surface area (Å²) in [7, 11) is 0. The highest BCUT2D eigenvalue weighted by atomic mass is 32.2. The summed E-state index contributed by atoms with van der Waals surface area (Å²) in [5.74, 6) is 0.297. The Hall–Kier alpha value is -1.05. The van der Waals surface area contributed by atoms with Gasteiger partial charge in [-0.25, -0.2) is 0 Å². The van der Waals surface area contributed by atoms with Crippen LogP contribution in [0.3, 0.4) is 0 Å². The number of hydrogen-bond donors (Lipinski definition) is 2. The van der Waals surface area contributed by atoms with Crippen LogP contribution in [-0.2, 0) is 11.0 Å². The van der Waals surface area contributed by atoms with Crippen LogP contribution in [0.15, 0.2) is 18.2 Å². The van der Waals surface area contributed by atoms with Crippen LogP contribution in [0.2, 0.25) is 0 Å². The molecule has 0 saturated carbocycles. The van der Waals surface area contributed by atoms with Crippen molar-refractivity contribution in [3.8, 4) is 0 Å². The van der Waals surface area contributed by atoms with E-state index in [1.807, 2.05) is 0 Å². The van der Waals surface area contributed by atoms with Gasteiger partial charge in [-0.1, -0.05) is 17.8 Å². The largest absolute Gasteiger partial charge is 0.416 e. The molecule has 0 amide bonds. The van der Waals surface area contributed by atoms with E-state index in [0.29, 0.717) is 11.3 Å². The Kier molecular flexibility index (Phi) is 6.24. The van der Waals surface area contributed by atoms with Gasteiger partial charge in [-0.05, 0) is 36.6 Å². The quantitative estimate of drug-likeness (QED) is 0.875. The van der Waals surface area contributed by atoms with Crippen LogP contribution in [0.25, 0.3) is 0 Å². The molecule has 0 saturated heterocycles. The molecular weight excluding hydrogens is 305 g/mol. The van der Waals surface area contributed by atoms with E-state index >= 15 is 0 Å². The number of aryl methyl sites for hydroxylation is 1. The van der Waals surface area contributed by atoms with Crippen LogP contribution in [-0.4, -0.2) is 27.2 Å². The fourth-order valence-electron chi connectivity index (χ4n) is 1.82. The van der Waals surface area contributed by atoms with Crippen LogP contribution < -0.4 is 0 Å². The summed E-state index contributed by atoms with van der Waals surface area (Å²) in [5, 5.41) is 19.7. The minimum absolute atomic E-state index is 0.0464. The Balaban J connectivity index is 2.85. The molecule has 118 valence electrons. The molecule has 2 N–H and O–H groups in total. The molecule has 3 nitrogen and oxygen atoms in total. The van der Waals surface area contributed by atoms with E-state index < -0.39 is 23.9 Å². The number of benzene rings is 1. The molecule has 0 bridgehead atoms. The Labute approximate surface area is 125 Å². The van der Waals surface area contributed by atoms with E-state index in [-0.39, 0.29) is 17.1 Å². The van der Waals surface area contributed by atoms with Crippen molar-refractivity contribution in [1.82, 2.24) is 0 Å². The first-order chi connectivity index (χ1) is 9.62. The average molecular weight is 322 g/mol. The molecule has 1 aromatic carbocycles. The van der Waals surface area contributed by atoms with Crippen molar-refractivity contribution >= 4 is 16.9 Å². The second-order valence-electron chi connectivity index (χ2n) is 4.71. The molecule has 2 atom stereocenters. The van der Waals surface area contributed by atoms with Crippen LogP contribution in [0.1, 0.15) is 36.1 Å². The molecule has 0 spiro atoms. The molecule has 1 rings (SSSR count). The average Bonchev–Trinajstić information content (AvgIpc) is 2.36. The number of hydrogen-bond acceptors (Lipinski definition) is 4. The Morgan fingerprint density at radius 1 is 1.33 bits per heavy atom. The maximum Gasteiger partial charge on any atom is 0.416 e. The highest BCUT2D eigenvalue weighted by molar-refractivity contribution is 8.13. The van der Waals surface area contributed by atoms with Crippen molar-refractivity contribution in [1.29, 1.82) is 0 Å². The summed E-state index contributed by atoms with van der Waals surface area (Å²) in [5.41, 5.74) is -0.355. The molecule has 0 fully saturated rings. The Bertz CT molecular complexity index is 503. The van der Waals surface area contributed by atoms with E-state index in [2.05, 4.69) is 0 Å². The van der Waals surface area contributed by atoms with Gasteiger partial charge in [0.25, 0.3) is 0 Å². The van der Waals surface area contributed by atoms with Crippen molar-refractivity contribution in [3.63, 3.8) is 0 Å². The third kappa shape index (κ3) is 5.33. The van der Waals surface area contributed by atoms with Crippen molar-refractivity contribution < 1.29 is 28.2 Å². The Morgan fingerprint density at radius 3 is 2.48 bits per heavy atom. The van der Waals surface area contributed by atoms with Gasteiger partial charge in [-0.15, -0.1) is 0 Å². The summed E-state index contributed by atoms with van der Waals surface area (Å²) in [6.07, 6.45) is -7.03. The maximum absolute atomic E-state index is 12.7. The van der Waals surface area contributed by atoms with Crippen molar-refractivity contribution in [2.45, 2.75) is 38.7 Å². The zero-order valence-corrected chi connectivity index (χ0v) is 12.5. The Morgan fingerprint density at radius 2 is 1.95 bits per heavy atom. The number of halogens is 3. The standard InChI is InChI=1S/C14H17F3O3S/c1-8-3-4-10(14(15,16)17)7-11(8)13(20)12(19)5-6-21-9(2)18/h3-4,7,12-13,19-20H,5-6H2,1-2H3. The minimum atomic E-state index is -4.50. The fourth-order valence-corrected chi connectivity index (χ4v) is 2.47. The van der Waals surface area contributed by atoms with Crippen molar-refractivity contribution in [2.75, 3.05) is 5.75 Å². The molecule has 2 unspecified atom stereocenters. The SMILES string of the molecule is CC(=O)SCCC(O)C(O)c1cc(C(F)(F)F)ccc1C. The van der Waals surface area contributed by atoms with Crippen LogP contribution in [0.5, 0.6) is 0 Å². The lowest BCUT2D eigenvalue weighted by atomic mass is 9.96. The molecule has 7 heteroatoms. The number of carbonyl (C=O) groups excluding carboxylic acids is 1. The monoisotopic (exact) mass is 322 g/mol. The van der Waals surface area contributed by atoms with E-state index in [1.165, 1.54) is 13.0 Å². The number of aliphatic hydroxyl groups is 2. The summed E-state index contributed by atoms with van der Waals surface area (Å²) < 4.78 is 38.0. The molecule has 0 aliphatic heterocycles. The molecule has 0 heterocycles. The van der Waals surface area contributed by atoms with Crippen molar-refractivity contribution in [3.05, 3.63) is 34.9 Å². The summed E-state index contributed by atoms with van der Waals surface area (Å²) >= 11 is 0.994. The molecule has 1 aromatic rings. The van der Waals surface area contributed by atoms with E-state index in [1.54, 1.807) is 6.92 Å². The molecule has 0 aromatic heterocycles. The van der Waals surface area contributed by atoms with Gasteiger partial charge in [0, 0.05) is 12.7 Å². The molecule has 0 aliphatic rings. The third-order valence-corrected chi connectivity index (χ3v) is 3.85. The zero-order chi connectivity index (χ0) is 16.2. The normalized spacial score (nSPS) is 14.8. The number of carbonyl (C=O) groups is 1. The highest BCUT2D eigenvalue weighted by Crippen LogP contribution is 2.33. The van der Waals surface area contributed by atoms with Gasteiger partial charge in [0.2, 0.25) is 0 Å². The topological polar surface area (TPSA) is 57.5 Å². The zero-order valence-electron chi connectivity index (χ0n) is 11.6. The van der Waals surface area contributed by atoms with Crippen LogP contribution in [0.4, 0.5) is 13.2 Å². The number of rotatable bonds is 5. The second kappa shape index (κ2) is 7.29. The predicted molar refractivity (Wildman–Crippen MR) is 74.9 cm³/mol. The lowest BCUT2D eigenvalue weighted by molar-refractivity contribution is -0.137. The van der Waals surface area contributed by atoms with Crippen LogP contribution in [0, 0.1) is 6.92 Å². The predicted octanol–water partition coefficient (Wildman–Crippen LogP) is 3.08. The summed E-state index contributed by atoms with van der Waals surface area (Å²) in [4.78, 5) is 10.8. The van der Waals surface area contributed by atoms with Gasteiger partial charge in [0.15, 0.2) is 5.12 Å². The van der Waals surface area contributed by atoms with E-state index in [4.69, 9.17) is 0 Å². The first-order valence-electron chi connectivity index (χ1n) is 6.30. The minimum Gasteiger partial charge on any atom is -0.390 e. The lowest BCUT2D eigenvalue weighted by Crippen LogP contribution is -2.20. The number of aliphatic hydroxyl groups excluding tert-OH is 2. The molecular formula is C14H17F3O3S. The van der Waals surface area contributed by atoms with Gasteiger partial charge < -0.3 is 10.2 Å². The van der Waals surface area contributed by atoms with Gasteiger partial charge in [-0.3, -0.25) is 4.79 Å². The lowest BCUT2D eigenvalue weighted by Gasteiger charge is -2.21. The van der Waals surface area contributed by atoms with E-state index in [9.17, 15) is 28.2 Å². The van der Waals surface area contributed by atoms with Crippen molar-refractivity contribution in [2.24, 2.45) is 0 Å². The number of alkyl halides is 3. The van der Waals surface area contributed by atoms with Gasteiger partial charge in [-0.2, -0.15) is 13.2 Å². The highest BCUT2D eigenvalue weighted by Gasteiger charge is 2.32. The second-order valence-corrected chi connectivity index (χ2v) is 5.98. The van der Waals surface area contributed by atoms with Gasteiger partial charge in [0.1, 0.15) is 6.10 Å². The molecule has 0 aliphatic carbocycles.